The molecule has 19 heavy (non-hydrogen) atoms. The third-order valence-corrected chi connectivity index (χ3v) is 3.11. The van der Waals surface area contributed by atoms with Crippen molar-refractivity contribution < 1.29 is 9.90 Å². The van der Waals surface area contributed by atoms with Crippen LogP contribution in [0.15, 0.2) is 24.4 Å². The minimum atomic E-state index is -0.972. The zero-order valence-corrected chi connectivity index (χ0v) is 10.8. The van der Waals surface area contributed by atoms with Crippen LogP contribution < -0.4 is 11.1 Å². The number of nitrogens with two attached hydrogens (primary N) is 1. The van der Waals surface area contributed by atoms with E-state index in [4.69, 9.17) is 10.8 Å². The predicted molar refractivity (Wildman–Crippen MR) is 73.1 cm³/mol. The topological polar surface area (TPSA) is 93.2 Å². The summed E-state index contributed by atoms with van der Waals surface area (Å²) in [7, 11) is 1.87. The normalized spacial score (nSPS) is 10.4. The van der Waals surface area contributed by atoms with Crippen molar-refractivity contribution >= 4 is 17.3 Å². The highest BCUT2D eigenvalue weighted by molar-refractivity contribution is 5.90. The number of carboxylic acids is 1. The molecule has 100 valence electrons. The Balaban J connectivity index is 2.17. The lowest BCUT2D eigenvalue weighted by Crippen LogP contribution is -2.06. The number of benzene rings is 1. The Morgan fingerprint density at radius 1 is 1.53 bits per heavy atom. The predicted octanol–water partition coefficient (Wildman–Crippen LogP) is 1.62. The number of hydrogen-bond donors (Lipinski definition) is 3. The summed E-state index contributed by atoms with van der Waals surface area (Å²) in [5.74, 6) is -0.972. The van der Waals surface area contributed by atoms with Crippen molar-refractivity contribution in [2.45, 2.75) is 13.5 Å². The molecule has 0 saturated carbocycles. The standard InChI is InChI=1S/C13H16N4O2/c1-8-10(7-16-17(8)2)6-15-12-5-9(13(18)19)3-4-11(12)14/h3-5,7,15H,6,14H2,1-2H3,(H,18,19). The van der Waals surface area contributed by atoms with Crippen molar-refractivity contribution in [3.8, 4) is 0 Å². The van der Waals surface area contributed by atoms with Crippen LogP contribution in [-0.4, -0.2) is 20.9 Å². The van der Waals surface area contributed by atoms with Crippen molar-refractivity contribution in [1.82, 2.24) is 9.78 Å². The number of carboxylic acid groups (broad SMARTS) is 1. The first-order valence-electron chi connectivity index (χ1n) is 5.83. The van der Waals surface area contributed by atoms with E-state index in [0.717, 1.165) is 11.3 Å². The average Bonchev–Trinajstić information content (AvgIpc) is 2.69. The maximum absolute atomic E-state index is 10.9. The Morgan fingerprint density at radius 3 is 2.84 bits per heavy atom. The number of anilines is 2. The number of aromatic nitrogens is 2. The molecule has 0 spiro atoms. The molecule has 0 radical (unpaired) electrons. The van der Waals surface area contributed by atoms with E-state index < -0.39 is 5.97 Å². The Kier molecular flexibility index (Phi) is 3.41. The molecule has 0 aliphatic carbocycles. The number of aromatic carboxylic acids is 1. The van der Waals surface area contributed by atoms with Gasteiger partial charge in [0.05, 0.1) is 23.1 Å². The number of nitrogen functional groups attached to an aromatic ring is 1. The van der Waals surface area contributed by atoms with Crippen molar-refractivity contribution in [3.05, 3.63) is 41.2 Å². The lowest BCUT2D eigenvalue weighted by atomic mass is 10.1. The summed E-state index contributed by atoms with van der Waals surface area (Å²) >= 11 is 0. The van der Waals surface area contributed by atoms with Gasteiger partial charge in [-0.2, -0.15) is 5.10 Å². The van der Waals surface area contributed by atoms with Crippen LogP contribution in [0.3, 0.4) is 0 Å². The van der Waals surface area contributed by atoms with Crippen LogP contribution in [0.2, 0.25) is 0 Å². The number of nitrogens with zero attached hydrogens (tertiary/aromatic N) is 2. The molecule has 0 aliphatic heterocycles. The summed E-state index contributed by atoms with van der Waals surface area (Å²) in [4.78, 5) is 10.9. The second-order valence-corrected chi connectivity index (χ2v) is 4.34. The number of hydrogen-bond acceptors (Lipinski definition) is 4. The number of rotatable bonds is 4. The molecule has 1 aromatic carbocycles. The summed E-state index contributed by atoms with van der Waals surface area (Å²) in [6.07, 6.45) is 1.78. The summed E-state index contributed by atoms with van der Waals surface area (Å²) < 4.78 is 1.79. The molecule has 1 aromatic heterocycles. The van der Waals surface area contributed by atoms with E-state index in [0.29, 0.717) is 17.9 Å². The molecule has 6 heteroatoms. The van der Waals surface area contributed by atoms with Gasteiger partial charge in [0, 0.05) is 24.8 Å². The van der Waals surface area contributed by atoms with Crippen molar-refractivity contribution in [2.75, 3.05) is 11.1 Å². The molecule has 0 bridgehead atoms. The highest BCUT2D eigenvalue weighted by Crippen LogP contribution is 2.21. The van der Waals surface area contributed by atoms with Gasteiger partial charge in [-0.15, -0.1) is 0 Å². The van der Waals surface area contributed by atoms with Crippen LogP contribution in [0, 0.1) is 6.92 Å². The SMILES string of the molecule is Cc1c(CNc2cc(C(=O)O)ccc2N)cnn1C. The van der Waals surface area contributed by atoms with E-state index >= 15 is 0 Å². The van der Waals surface area contributed by atoms with Crippen LogP contribution in [0.1, 0.15) is 21.6 Å². The number of carbonyl (C=O) groups is 1. The van der Waals surface area contributed by atoms with Gasteiger partial charge in [0.15, 0.2) is 0 Å². The molecule has 4 N–H and O–H groups in total. The smallest absolute Gasteiger partial charge is 0.335 e. The summed E-state index contributed by atoms with van der Waals surface area (Å²) in [6, 6.07) is 4.60. The Labute approximate surface area is 110 Å². The Hall–Kier alpha value is -2.50. The van der Waals surface area contributed by atoms with Crippen LogP contribution in [0.4, 0.5) is 11.4 Å². The van der Waals surface area contributed by atoms with Crippen LogP contribution >= 0.6 is 0 Å². The largest absolute Gasteiger partial charge is 0.478 e. The van der Waals surface area contributed by atoms with Gasteiger partial charge >= 0.3 is 5.97 Å². The van der Waals surface area contributed by atoms with Gasteiger partial charge in [-0.3, -0.25) is 4.68 Å². The summed E-state index contributed by atoms with van der Waals surface area (Å²) in [5, 5.41) is 16.2. The van der Waals surface area contributed by atoms with E-state index in [2.05, 4.69) is 10.4 Å². The molecule has 0 saturated heterocycles. The number of nitrogens with one attached hydrogen (secondary N) is 1. The molecular formula is C13H16N4O2. The van der Waals surface area contributed by atoms with Crippen molar-refractivity contribution in [2.24, 2.45) is 7.05 Å². The maximum Gasteiger partial charge on any atom is 0.335 e. The molecule has 0 unspecified atom stereocenters. The van der Waals surface area contributed by atoms with E-state index in [1.165, 1.54) is 12.1 Å². The van der Waals surface area contributed by atoms with Crippen molar-refractivity contribution in [1.29, 1.82) is 0 Å². The molecule has 6 nitrogen and oxygen atoms in total. The highest BCUT2D eigenvalue weighted by Gasteiger charge is 2.08. The Morgan fingerprint density at radius 2 is 2.26 bits per heavy atom. The third kappa shape index (κ3) is 2.67. The average molecular weight is 260 g/mol. The van der Waals surface area contributed by atoms with Gasteiger partial charge in [0.2, 0.25) is 0 Å². The monoisotopic (exact) mass is 260 g/mol. The maximum atomic E-state index is 10.9. The van der Waals surface area contributed by atoms with Crippen LogP contribution in [-0.2, 0) is 13.6 Å². The fraction of sp³-hybridized carbons (Fsp3) is 0.231. The fourth-order valence-electron chi connectivity index (χ4n) is 1.75. The zero-order chi connectivity index (χ0) is 14.0. The van der Waals surface area contributed by atoms with Gasteiger partial charge in [-0.05, 0) is 25.1 Å². The van der Waals surface area contributed by atoms with E-state index in [-0.39, 0.29) is 5.56 Å². The van der Waals surface area contributed by atoms with E-state index in [1.54, 1.807) is 16.9 Å². The van der Waals surface area contributed by atoms with Crippen molar-refractivity contribution in [3.63, 3.8) is 0 Å². The zero-order valence-electron chi connectivity index (χ0n) is 10.8. The number of aryl methyl sites for hydroxylation is 1. The van der Waals surface area contributed by atoms with Gasteiger partial charge < -0.3 is 16.2 Å². The molecule has 1 heterocycles. The quantitative estimate of drug-likeness (QED) is 0.726. The summed E-state index contributed by atoms with van der Waals surface area (Å²) in [5.41, 5.74) is 9.26. The van der Waals surface area contributed by atoms with Crippen LogP contribution in [0.5, 0.6) is 0 Å². The highest BCUT2D eigenvalue weighted by atomic mass is 16.4. The fourth-order valence-corrected chi connectivity index (χ4v) is 1.75. The third-order valence-electron chi connectivity index (χ3n) is 3.11. The molecule has 2 rings (SSSR count). The van der Waals surface area contributed by atoms with Crippen LogP contribution in [0.25, 0.3) is 0 Å². The van der Waals surface area contributed by atoms with E-state index in [9.17, 15) is 4.79 Å². The van der Waals surface area contributed by atoms with E-state index in [1.807, 2.05) is 14.0 Å². The lowest BCUT2D eigenvalue weighted by Gasteiger charge is -2.10. The molecule has 0 atom stereocenters. The first-order valence-corrected chi connectivity index (χ1v) is 5.83. The second kappa shape index (κ2) is 5.01. The second-order valence-electron chi connectivity index (χ2n) is 4.34. The lowest BCUT2D eigenvalue weighted by molar-refractivity contribution is 0.0697. The minimum absolute atomic E-state index is 0.208. The first kappa shape index (κ1) is 12.9. The molecule has 0 amide bonds. The molecule has 0 aliphatic rings. The Bertz CT molecular complexity index is 619. The molecule has 0 fully saturated rings. The molecular weight excluding hydrogens is 244 g/mol. The summed E-state index contributed by atoms with van der Waals surface area (Å²) in [6.45, 7) is 2.52. The minimum Gasteiger partial charge on any atom is -0.478 e. The van der Waals surface area contributed by atoms with Gasteiger partial charge in [-0.25, -0.2) is 4.79 Å². The van der Waals surface area contributed by atoms with Gasteiger partial charge in [0.1, 0.15) is 0 Å². The first-order chi connectivity index (χ1) is 8.99. The van der Waals surface area contributed by atoms with Gasteiger partial charge in [0.25, 0.3) is 0 Å². The van der Waals surface area contributed by atoms with Gasteiger partial charge in [-0.1, -0.05) is 0 Å². The molecule has 2 aromatic rings.